The van der Waals surface area contributed by atoms with Crippen LogP contribution in [0.5, 0.6) is 0 Å². The first kappa shape index (κ1) is 17.2. The van der Waals surface area contributed by atoms with Crippen molar-refractivity contribution in [2.24, 2.45) is 11.8 Å². The number of fused-ring (bicyclic) bond motifs is 1. The maximum Gasteiger partial charge on any atom is 0.246 e. The van der Waals surface area contributed by atoms with E-state index in [9.17, 15) is 14.4 Å². The van der Waals surface area contributed by atoms with Crippen molar-refractivity contribution in [1.29, 1.82) is 0 Å². The van der Waals surface area contributed by atoms with Gasteiger partial charge in [-0.25, -0.2) is 0 Å². The summed E-state index contributed by atoms with van der Waals surface area (Å²) in [4.78, 5) is 40.9. The molecule has 0 unspecified atom stereocenters. The number of carbonyl (C=O) groups excluding carboxylic acids is 3. The van der Waals surface area contributed by atoms with E-state index in [4.69, 9.17) is 4.74 Å². The maximum atomic E-state index is 13.4. The number of nitrogens with zero attached hydrogens (tertiary/aromatic N) is 1. The molecule has 7 heteroatoms. The molecule has 5 rings (SSSR count). The van der Waals surface area contributed by atoms with Crippen LogP contribution in [0.2, 0.25) is 0 Å². The van der Waals surface area contributed by atoms with Gasteiger partial charge < -0.3 is 20.3 Å². The molecule has 0 radical (unpaired) electrons. The Kier molecular flexibility index (Phi) is 3.86. The van der Waals surface area contributed by atoms with Gasteiger partial charge >= 0.3 is 0 Å². The predicted molar refractivity (Wildman–Crippen MR) is 96.5 cm³/mol. The Morgan fingerprint density at radius 3 is 2.56 bits per heavy atom. The summed E-state index contributed by atoms with van der Waals surface area (Å²) < 4.78 is 6.23. The summed E-state index contributed by atoms with van der Waals surface area (Å²) in [6, 6.07) is -0.392. The molecule has 2 saturated carbocycles. The van der Waals surface area contributed by atoms with E-state index in [1.807, 2.05) is 12.2 Å². The molecule has 2 bridgehead atoms. The molecule has 146 valence electrons. The normalized spacial score (nSPS) is 40.3. The zero-order valence-corrected chi connectivity index (χ0v) is 15.6. The van der Waals surface area contributed by atoms with Gasteiger partial charge in [0.05, 0.1) is 17.9 Å². The van der Waals surface area contributed by atoms with Crippen LogP contribution >= 0.6 is 0 Å². The summed E-state index contributed by atoms with van der Waals surface area (Å²) in [7, 11) is 1.58. The largest absolute Gasteiger partial charge is 0.359 e. The first-order chi connectivity index (χ1) is 13.1. The summed E-state index contributed by atoms with van der Waals surface area (Å²) in [5.74, 6) is -1.56. The van der Waals surface area contributed by atoms with Gasteiger partial charge in [0.25, 0.3) is 0 Å². The Morgan fingerprint density at radius 2 is 1.89 bits per heavy atom. The minimum Gasteiger partial charge on any atom is -0.359 e. The highest BCUT2D eigenvalue weighted by atomic mass is 16.5. The Balaban J connectivity index is 1.48. The number of hydrogen-bond donors (Lipinski definition) is 2. The van der Waals surface area contributed by atoms with Crippen molar-refractivity contribution in [2.75, 3.05) is 7.05 Å². The maximum absolute atomic E-state index is 13.4. The van der Waals surface area contributed by atoms with E-state index < -0.39 is 29.6 Å². The minimum atomic E-state index is -1.000. The number of nitrogens with one attached hydrogen (secondary N) is 2. The zero-order valence-electron chi connectivity index (χ0n) is 15.6. The van der Waals surface area contributed by atoms with Crippen LogP contribution in [0.15, 0.2) is 12.2 Å². The van der Waals surface area contributed by atoms with Crippen LogP contribution in [0, 0.1) is 11.8 Å². The highest BCUT2D eigenvalue weighted by Gasteiger charge is 2.74. The predicted octanol–water partition coefficient (Wildman–Crippen LogP) is 0.494. The van der Waals surface area contributed by atoms with E-state index in [-0.39, 0.29) is 29.8 Å². The van der Waals surface area contributed by atoms with Gasteiger partial charge in [-0.15, -0.1) is 0 Å². The van der Waals surface area contributed by atoms with Gasteiger partial charge in [-0.2, -0.15) is 0 Å². The van der Waals surface area contributed by atoms with Gasteiger partial charge in [-0.3, -0.25) is 14.4 Å². The molecule has 2 aliphatic carbocycles. The fourth-order valence-corrected chi connectivity index (χ4v) is 5.65. The average molecular weight is 373 g/mol. The third kappa shape index (κ3) is 2.40. The Morgan fingerprint density at radius 1 is 1.15 bits per heavy atom. The number of likely N-dealkylation sites (tertiary alicyclic amines) is 1. The fourth-order valence-electron chi connectivity index (χ4n) is 5.65. The molecule has 1 spiro atoms. The fraction of sp³-hybridized carbons (Fsp3) is 0.750. The van der Waals surface area contributed by atoms with E-state index in [0.717, 1.165) is 38.5 Å². The molecule has 5 atom stereocenters. The second-order valence-electron chi connectivity index (χ2n) is 8.64. The third-order valence-corrected chi connectivity index (χ3v) is 7.00. The van der Waals surface area contributed by atoms with Gasteiger partial charge in [0.2, 0.25) is 17.7 Å². The van der Waals surface area contributed by atoms with Crippen LogP contribution < -0.4 is 10.6 Å². The molecular weight excluding hydrogens is 346 g/mol. The van der Waals surface area contributed by atoms with E-state index >= 15 is 0 Å². The van der Waals surface area contributed by atoms with E-state index in [1.54, 1.807) is 11.9 Å². The molecular formula is C20H27N3O4. The molecule has 4 fully saturated rings. The van der Waals surface area contributed by atoms with Crippen LogP contribution in [0.25, 0.3) is 0 Å². The lowest BCUT2D eigenvalue weighted by atomic mass is 9.74. The molecule has 3 amide bonds. The summed E-state index contributed by atoms with van der Waals surface area (Å²) in [5, 5.41) is 5.86. The molecule has 0 aromatic heterocycles. The van der Waals surface area contributed by atoms with E-state index in [1.165, 1.54) is 6.42 Å². The lowest BCUT2D eigenvalue weighted by Gasteiger charge is -2.34. The van der Waals surface area contributed by atoms with Crippen LogP contribution in [0.3, 0.4) is 0 Å². The quantitative estimate of drug-likeness (QED) is 0.703. The van der Waals surface area contributed by atoms with Gasteiger partial charge in [0.1, 0.15) is 11.6 Å². The molecule has 2 saturated heterocycles. The Bertz CT molecular complexity index is 712. The first-order valence-corrected chi connectivity index (χ1v) is 10.3. The molecule has 2 N–H and O–H groups in total. The SMILES string of the molecule is CNC(=O)[C@@H]1[C@H]2C(=O)N(C3CC3)[C@H](C(=O)NC3CCCCC3)[C@]23C=C[C@H]1O3. The molecule has 7 nitrogen and oxygen atoms in total. The first-order valence-electron chi connectivity index (χ1n) is 10.3. The highest BCUT2D eigenvalue weighted by molar-refractivity contribution is 6.00. The smallest absolute Gasteiger partial charge is 0.246 e. The number of hydrogen-bond acceptors (Lipinski definition) is 4. The number of carbonyl (C=O) groups is 3. The molecule has 0 aromatic rings. The Hall–Kier alpha value is -1.89. The monoisotopic (exact) mass is 373 g/mol. The van der Waals surface area contributed by atoms with Crippen molar-refractivity contribution in [1.82, 2.24) is 15.5 Å². The number of ether oxygens (including phenoxy) is 1. The lowest BCUT2D eigenvalue weighted by molar-refractivity contribution is -0.142. The minimum absolute atomic E-state index is 0.0956. The second-order valence-corrected chi connectivity index (χ2v) is 8.64. The highest BCUT2D eigenvalue weighted by Crippen LogP contribution is 2.56. The molecule has 3 heterocycles. The summed E-state index contributed by atoms with van der Waals surface area (Å²) >= 11 is 0. The van der Waals surface area contributed by atoms with Gasteiger partial charge in [-0.1, -0.05) is 31.4 Å². The van der Waals surface area contributed by atoms with Crippen molar-refractivity contribution < 1.29 is 19.1 Å². The molecule has 3 aliphatic heterocycles. The lowest BCUT2D eigenvalue weighted by Crippen LogP contribution is -2.57. The van der Waals surface area contributed by atoms with Gasteiger partial charge in [0.15, 0.2) is 0 Å². The standard InChI is InChI=1S/C20H27N3O4/c1-21-17(24)14-13-9-10-20(27-13)15(14)19(26)23(12-7-8-12)16(20)18(25)22-11-5-3-2-4-6-11/h9-16H,2-8H2,1H3,(H,21,24)(H,22,25)/t13-,14+,15+,16-,20+/m1/s1. The van der Waals surface area contributed by atoms with Crippen molar-refractivity contribution in [2.45, 2.75) is 74.8 Å². The van der Waals surface area contributed by atoms with Crippen LogP contribution in [-0.2, 0) is 19.1 Å². The van der Waals surface area contributed by atoms with E-state index in [2.05, 4.69) is 10.6 Å². The second kappa shape index (κ2) is 6.06. The molecule has 5 aliphatic rings. The van der Waals surface area contributed by atoms with Crippen molar-refractivity contribution in [3.63, 3.8) is 0 Å². The van der Waals surface area contributed by atoms with Crippen LogP contribution in [-0.4, -0.2) is 59.5 Å². The topological polar surface area (TPSA) is 87.7 Å². The summed E-state index contributed by atoms with van der Waals surface area (Å²) in [6.45, 7) is 0. The molecule has 27 heavy (non-hydrogen) atoms. The van der Waals surface area contributed by atoms with Crippen molar-refractivity contribution in [3.05, 3.63) is 12.2 Å². The Labute approximate surface area is 158 Å². The summed E-state index contributed by atoms with van der Waals surface area (Å²) in [5.41, 5.74) is -1.000. The van der Waals surface area contributed by atoms with Crippen LogP contribution in [0.1, 0.15) is 44.9 Å². The average Bonchev–Trinajstić information content (AvgIpc) is 3.27. The van der Waals surface area contributed by atoms with Crippen molar-refractivity contribution >= 4 is 17.7 Å². The number of amides is 3. The van der Waals surface area contributed by atoms with Gasteiger partial charge in [0, 0.05) is 19.1 Å². The number of rotatable bonds is 4. The van der Waals surface area contributed by atoms with Crippen LogP contribution in [0.4, 0.5) is 0 Å². The molecule has 0 aromatic carbocycles. The third-order valence-electron chi connectivity index (χ3n) is 7.00. The van der Waals surface area contributed by atoms with E-state index in [0.29, 0.717) is 0 Å². The van der Waals surface area contributed by atoms with Gasteiger partial charge in [-0.05, 0) is 25.7 Å². The summed E-state index contributed by atoms with van der Waals surface area (Å²) in [6.07, 6.45) is 10.6. The van der Waals surface area contributed by atoms with Crippen molar-refractivity contribution in [3.8, 4) is 0 Å². The zero-order chi connectivity index (χ0) is 18.8.